The van der Waals surface area contributed by atoms with E-state index in [9.17, 15) is 9.90 Å². The summed E-state index contributed by atoms with van der Waals surface area (Å²) in [5, 5.41) is 9.82. The Labute approximate surface area is 132 Å². The zero-order valence-electron chi connectivity index (χ0n) is 11.0. The maximum Gasteiger partial charge on any atom is 0.314 e. The largest absolute Gasteiger partial charge is 0.481 e. The molecule has 20 heavy (non-hydrogen) atoms. The summed E-state index contributed by atoms with van der Waals surface area (Å²) in [6.45, 7) is 0. The number of hydrogen-bond donors (Lipinski definition) is 1. The lowest BCUT2D eigenvalue weighted by molar-refractivity contribution is -0.143. The van der Waals surface area contributed by atoms with E-state index >= 15 is 0 Å². The van der Waals surface area contributed by atoms with Crippen LogP contribution in [0.2, 0.25) is 0 Å². The Morgan fingerprint density at radius 1 is 1.15 bits per heavy atom. The van der Waals surface area contributed by atoms with Crippen LogP contribution in [-0.2, 0) is 23.1 Å². The highest BCUT2D eigenvalue weighted by Crippen LogP contribution is 2.41. The van der Waals surface area contributed by atoms with E-state index in [1.54, 1.807) is 0 Å². The molecule has 0 aliphatic heterocycles. The van der Waals surface area contributed by atoms with Crippen LogP contribution in [0.4, 0.5) is 0 Å². The van der Waals surface area contributed by atoms with Crippen molar-refractivity contribution >= 4 is 28.6 Å². The number of fused-ring (bicyclic) bond motifs is 1. The molecule has 1 aliphatic rings. The third-order valence-corrected chi connectivity index (χ3v) is 4.90. The molecular formula is C17H15IO2. The predicted octanol–water partition coefficient (Wildman–Crippen LogP) is 3.80. The Morgan fingerprint density at radius 2 is 1.85 bits per heavy atom. The average Bonchev–Trinajstić information content (AvgIpc) is 2.82. The van der Waals surface area contributed by atoms with Gasteiger partial charge in [0.05, 0.1) is 5.41 Å². The summed E-state index contributed by atoms with van der Waals surface area (Å²) >= 11 is 2.26. The third-order valence-electron chi connectivity index (χ3n) is 4.18. The predicted molar refractivity (Wildman–Crippen MR) is 86.9 cm³/mol. The highest BCUT2D eigenvalue weighted by Gasteiger charge is 2.45. The summed E-state index contributed by atoms with van der Waals surface area (Å²) < 4.78 is 1.17. The minimum absolute atomic E-state index is 0.566. The minimum atomic E-state index is -0.761. The van der Waals surface area contributed by atoms with Gasteiger partial charge in [0, 0.05) is 3.57 Å². The van der Waals surface area contributed by atoms with Crippen molar-refractivity contribution in [2.75, 3.05) is 0 Å². The molecule has 0 spiro atoms. The van der Waals surface area contributed by atoms with E-state index in [1.165, 1.54) is 9.13 Å². The number of rotatable bonds is 3. The van der Waals surface area contributed by atoms with E-state index < -0.39 is 11.4 Å². The molecule has 0 saturated heterocycles. The topological polar surface area (TPSA) is 37.3 Å². The van der Waals surface area contributed by atoms with Crippen molar-refractivity contribution in [3.05, 3.63) is 68.8 Å². The lowest BCUT2D eigenvalue weighted by Crippen LogP contribution is -2.35. The summed E-state index contributed by atoms with van der Waals surface area (Å²) in [5.74, 6) is -0.707. The number of carboxylic acids is 1. The van der Waals surface area contributed by atoms with Crippen molar-refractivity contribution in [2.24, 2.45) is 0 Å². The number of aliphatic carboxylic acids is 1. The molecular weight excluding hydrogens is 363 g/mol. The fraction of sp³-hybridized carbons (Fsp3) is 0.235. The molecule has 0 radical (unpaired) electrons. The molecule has 1 aliphatic carbocycles. The van der Waals surface area contributed by atoms with Gasteiger partial charge in [-0.05, 0) is 70.7 Å². The fourth-order valence-corrected chi connectivity index (χ4v) is 3.48. The van der Waals surface area contributed by atoms with Crippen LogP contribution >= 0.6 is 22.6 Å². The van der Waals surface area contributed by atoms with Gasteiger partial charge < -0.3 is 5.11 Å². The molecule has 0 aromatic heterocycles. The van der Waals surface area contributed by atoms with Crippen LogP contribution in [0.25, 0.3) is 0 Å². The second-order valence-corrected chi connectivity index (χ2v) is 6.59. The Morgan fingerprint density at radius 3 is 2.55 bits per heavy atom. The zero-order chi connectivity index (χ0) is 14.2. The summed E-state index contributed by atoms with van der Waals surface area (Å²) in [6.07, 6.45) is 2.11. The molecule has 1 unspecified atom stereocenters. The number of carbonyl (C=O) groups is 1. The van der Waals surface area contributed by atoms with Gasteiger partial charge in [0.1, 0.15) is 0 Å². The molecule has 1 atom stereocenters. The lowest BCUT2D eigenvalue weighted by atomic mass is 9.76. The monoisotopic (exact) mass is 378 g/mol. The first-order chi connectivity index (χ1) is 9.62. The molecule has 3 heteroatoms. The number of hydrogen-bond acceptors (Lipinski definition) is 1. The molecule has 3 rings (SSSR count). The van der Waals surface area contributed by atoms with Gasteiger partial charge in [0.2, 0.25) is 0 Å². The summed E-state index contributed by atoms with van der Waals surface area (Å²) in [6, 6.07) is 16.1. The van der Waals surface area contributed by atoms with Crippen molar-refractivity contribution in [3.63, 3.8) is 0 Å². The minimum Gasteiger partial charge on any atom is -0.481 e. The first kappa shape index (κ1) is 13.6. The quantitative estimate of drug-likeness (QED) is 0.825. The number of carboxylic acid groups (broad SMARTS) is 1. The van der Waals surface area contributed by atoms with Crippen molar-refractivity contribution in [1.29, 1.82) is 0 Å². The fourth-order valence-electron chi connectivity index (χ4n) is 3.12. The van der Waals surface area contributed by atoms with E-state index in [4.69, 9.17) is 0 Å². The standard InChI is InChI=1S/C17H15IO2/c18-14-7-5-12(6-8-14)11-17(16(19)20)10-9-13-3-1-2-4-15(13)17/h1-8H,9-11H2,(H,19,20). The van der Waals surface area contributed by atoms with Gasteiger partial charge in [-0.25, -0.2) is 0 Å². The van der Waals surface area contributed by atoms with E-state index in [-0.39, 0.29) is 0 Å². The van der Waals surface area contributed by atoms with Gasteiger partial charge in [-0.3, -0.25) is 4.79 Å². The van der Waals surface area contributed by atoms with Gasteiger partial charge in [0.15, 0.2) is 0 Å². The van der Waals surface area contributed by atoms with Gasteiger partial charge in [-0.1, -0.05) is 36.4 Å². The molecule has 2 aromatic carbocycles. The molecule has 0 fully saturated rings. The molecule has 2 nitrogen and oxygen atoms in total. The normalized spacial score (nSPS) is 20.6. The third kappa shape index (κ3) is 2.24. The van der Waals surface area contributed by atoms with Gasteiger partial charge in [-0.2, -0.15) is 0 Å². The van der Waals surface area contributed by atoms with Gasteiger partial charge in [0.25, 0.3) is 0 Å². The summed E-state index contributed by atoms with van der Waals surface area (Å²) in [7, 11) is 0. The second kappa shape index (κ2) is 5.20. The zero-order valence-corrected chi connectivity index (χ0v) is 13.1. The first-order valence-corrected chi connectivity index (χ1v) is 7.76. The van der Waals surface area contributed by atoms with Crippen molar-refractivity contribution in [1.82, 2.24) is 0 Å². The molecule has 0 saturated carbocycles. The molecule has 0 bridgehead atoms. The van der Waals surface area contributed by atoms with E-state index in [0.29, 0.717) is 12.8 Å². The Balaban J connectivity index is 2.02. The molecule has 1 N–H and O–H groups in total. The molecule has 2 aromatic rings. The molecule has 102 valence electrons. The second-order valence-electron chi connectivity index (χ2n) is 5.35. The Hall–Kier alpha value is -1.36. The van der Waals surface area contributed by atoms with Crippen LogP contribution in [0.1, 0.15) is 23.1 Å². The van der Waals surface area contributed by atoms with Crippen LogP contribution in [-0.4, -0.2) is 11.1 Å². The van der Waals surface area contributed by atoms with E-state index in [1.807, 2.05) is 48.5 Å². The average molecular weight is 378 g/mol. The van der Waals surface area contributed by atoms with Crippen LogP contribution < -0.4 is 0 Å². The van der Waals surface area contributed by atoms with Crippen LogP contribution in [0.15, 0.2) is 48.5 Å². The smallest absolute Gasteiger partial charge is 0.314 e. The Bertz CT molecular complexity index is 648. The van der Waals surface area contributed by atoms with Crippen LogP contribution in [0.5, 0.6) is 0 Å². The molecule has 0 heterocycles. The summed E-state index contributed by atoms with van der Waals surface area (Å²) in [4.78, 5) is 12.0. The number of halogens is 1. The highest BCUT2D eigenvalue weighted by atomic mass is 127. The SMILES string of the molecule is O=C(O)C1(Cc2ccc(I)cc2)CCc2ccccc21. The summed E-state index contributed by atoms with van der Waals surface area (Å²) in [5.41, 5.74) is 2.50. The Kier molecular flexibility index (Phi) is 3.54. The number of aryl methyl sites for hydroxylation is 1. The molecule has 0 amide bonds. The number of benzene rings is 2. The van der Waals surface area contributed by atoms with Crippen molar-refractivity contribution in [2.45, 2.75) is 24.7 Å². The van der Waals surface area contributed by atoms with Crippen LogP contribution in [0, 0.1) is 3.57 Å². The maximum absolute atomic E-state index is 12.0. The highest BCUT2D eigenvalue weighted by molar-refractivity contribution is 14.1. The van der Waals surface area contributed by atoms with E-state index in [2.05, 4.69) is 22.6 Å². The van der Waals surface area contributed by atoms with Gasteiger partial charge >= 0.3 is 5.97 Å². The lowest BCUT2D eigenvalue weighted by Gasteiger charge is -2.25. The van der Waals surface area contributed by atoms with Crippen molar-refractivity contribution < 1.29 is 9.90 Å². The van der Waals surface area contributed by atoms with Crippen LogP contribution in [0.3, 0.4) is 0 Å². The maximum atomic E-state index is 12.0. The van der Waals surface area contributed by atoms with E-state index in [0.717, 1.165) is 17.5 Å². The van der Waals surface area contributed by atoms with Gasteiger partial charge in [-0.15, -0.1) is 0 Å². The van der Waals surface area contributed by atoms with Crippen molar-refractivity contribution in [3.8, 4) is 0 Å². The first-order valence-electron chi connectivity index (χ1n) is 6.68.